The lowest BCUT2D eigenvalue weighted by molar-refractivity contribution is -0.318. The Hall–Kier alpha value is -2.85. The molecule has 0 aromatic heterocycles. The van der Waals surface area contributed by atoms with Gasteiger partial charge in [0.05, 0.1) is 31.8 Å². The highest BCUT2D eigenvalue weighted by Gasteiger charge is 2.53. The van der Waals surface area contributed by atoms with E-state index in [1.165, 1.54) is 18.2 Å². The van der Waals surface area contributed by atoms with E-state index in [4.69, 9.17) is 23.7 Å². The van der Waals surface area contributed by atoms with Crippen LogP contribution in [0.1, 0.15) is 28.4 Å². The van der Waals surface area contributed by atoms with E-state index >= 15 is 0 Å². The van der Waals surface area contributed by atoms with Crippen molar-refractivity contribution in [1.82, 2.24) is 0 Å². The number of phenolic OH excluding ortho intramolecular Hbond substituents is 1. The third-order valence-corrected chi connectivity index (χ3v) is 7.11. The maximum Gasteiger partial charge on any atom is 0.229 e. The summed E-state index contributed by atoms with van der Waals surface area (Å²) in [5.41, 5.74) is -0.945. The van der Waals surface area contributed by atoms with E-state index in [2.05, 4.69) is 0 Å². The standard InChI is InChI=1S/C26H30O13/c27-9-19-20(31)21(32)22(39-25-23(33)26(34,10-28)11-35-25)24(38-19)36-14-4-1-12(2-5-14)17-8-16(30)15-6-3-13(29)7-18(15)37-17/h1-7,17,19-25,27-29,31-34H,8-11H2/t17-,19+,20+,21-,22+,23-,24+,25-,26+/m0/s1. The number of ketones is 1. The predicted molar refractivity (Wildman–Crippen MR) is 128 cm³/mol. The van der Waals surface area contributed by atoms with Crippen molar-refractivity contribution in [3.63, 3.8) is 0 Å². The molecule has 0 amide bonds. The Morgan fingerprint density at radius 3 is 2.41 bits per heavy atom. The van der Waals surface area contributed by atoms with Gasteiger partial charge in [-0.25, -0.2) is 0 Å². The number of benzene rings is 2. The smallest absolute Gasteiger partial charge is 0.229 e. The molecule has 5 rings (SSSR count). The molecule has 39 heavy (non-hydrogen) atoms. The zero-order chi connectivity index (χ0) is 27.9. The molecule has 0 radical (unpaired) electrons. The van der Waals surface area contributed by atoms with Crippen molar-refractivity contribution in [1.29, 1.82) is 0 Å². The molecule has 0 saturated carbocycles. The lowest BCUT2D eigenvalue weighted by Gasteiger charge is -2.42. The van der Waals surface area contributed by atoms with Crippen LogP contribution in [-0.4, -0.2) is 110 Å². The molecule has 0 spiro atoms. The van der Waals surface area contributed by atoms with Gasteiger partial charge in [-0.2, -0.15) is 0 Å². The fraction of sp³-hybridized carbons (Fsp3) is 0.500. The van der Waals surface area contributed by atoms with E-state index < -0.39 is 74.6 Å². The number of carbonyl (C=O) groups excluding carboxylic acids is 1. The third kappa shape index (κ3) is 5.33. The van der Waals surface area contributed by atoms with Crippen LogP contribution in [0.25, 0.3) is 0 Å². The van der Waals surface area contributed by atoms with Gasteiger partial charge in [0, 0.05) is 6.07 Å². The molecule has 9 atom stereocenters. The first-order valence-corrected chi connectivity index (χ1v) is 12.3. The Balaban J connectivity index is 1.31. The largest absolute Gasteiger partial charge is 0.508 e. The number of fused-ring (bicyclic) bond motifs is 1. The van der Waals surface area contributed by atoms with Crippen LogP contribution in [0.3, 0.4) is 0 Å². The van der Waals surface area contributed by atoms with Crippen LogP contribution >= 0.6 is 0 Å². The van der Waals surface area contributed by atoms with Gasteiger partial charge >= 0.3 is 0 Å². The molecular weight excluding hydrogens is 520 g/mol. The molecule has 7 N–H and O–H groups in total. The molecule has 2 fully saturated rings. The normalized spacial score (nSPS) is 36.3. The van der Waals surface area contributed by atoms with Crippen molar-refractivity contribution < 1.29 is 64.2 Å². The molecule has 2 saturated heterocycles. The summed E-state index contributed by atoms with van der Waals surface area (Å²) < 4.78 is 28.3. The topological polar surface area (TPSA) is 205 Å². The van der Waals surface area contributed by atoms with Crippen molar-refractivity contribution in [2.45, 2.75) is 61.2 Å². The van der Waals surface area contributed by atoms with Crippen molar-refractivity contribution in [3.8, 4) is 17.2 Å². The van der Waals surface area contributed by atoms with Gasteiger partial charge in [-0.3, -0.25) is 4.79 Å². The van der Waals surface area contributed by atoms with Crippen LogP contribution in [0.15, 0.2) is 42.5 Å². The van der Waals surface area contributed by atoms with Gasteiger partial charge in [-0.05, 0) is 29.8 Å². The van der Waals surface area contributed by atoms with Crippen molar-refractivity contribution in [3.05, 3.63) is 53.6 Å². The monoisotopic (exact) mass is 550 g/mol. The molecule has 0 unspecified atom stereocenters. The number of rotatable bonds is 7. The average molecular weight is 551 g/mol. The number of aromatic hydroxyl groups is 1. The average Bonchev–Trinajstić information content (AvgIpc) is 3.21. The first-order chi connectivity index (χ1) is 18.6. The molecule has 3 heterocycles. The first kappa shape index (κ1) is 27.7. The molecule has 212 valence electrons. The highest BCUT2D eigenvalue weighted by atomic mass is 16.8. The zero-order valence-corrected chi connectivity index (χ0v) is 20.6. The minimum absolute atomic E-state index is 0.0275. The van der Waals surface area contributed by atoms with Gasteiger partial charge in [-0.15, -0.1) is 0 Å². The number of carbonyl (C=O) groups is 1. The summed E-state index contributed by atoms with van der Waals surface area (Å²) in [5, 5.41) is 70.3. The highest BCUT2D eigenvalue weighted by Crippen LogP contribution is 2.38. The summed E-state index contributed by atoms with van der Waals surface area (Å²) in [6, 6.07) is 10.7. The van der Waals surface area contributed by atoms with Crippen LogP contribution in [0.2, 0.25) is 0 Å². The Labute approximate surface area is 222 Å². The van der Waals surface area contributed by atoms with E-state index in [1.807, 2.05) is 0 Å². The second-order valence-electron chi connectivity index (χ2n) is 9.79. The SMILES string of the molecule is O=C1C[C@@H](c2ccc(O[C@@H]3O[C@H](CO)[C@@H](O)[C@H](O)[C@H]3O[C@@H]3OC[C@](O)(CO)[C@H]3O)cc2)Oc2cc(O)ccc21. The number of aliphatic hydroxyl groups is 6. The second kappa shape index (κ2) is 11.0. The number of aliphatic hydroxyl groups excluding tert-OH is 5. The van der Waals surface area contributed by atoms with Crippen LogP contribution in [-0.2, 0) is 14.2 Å². The van der Waals surface area contributed by atoms with Crippen molar-refractivity contribution >= 4 is 5.78 Å². The van der Waals surface area contributed by atoms with Gasteiger partial charge in [0.1, 0.15) is 53.4 Å². The van der Waals surface area contributed by atoms with Crippen molar-refractivity contribution in [2.75, 3.05) is 19.8 Å². The minimum Gasteiger partial charge on any atom is -0.508 e. The molecule has 3 aliphatic heterocycles. The molecule has 2 aromatic carbocycles. The third-order valence-electron chi connectivity index (χ3n) is 7.11. The Bertz CT molecular complexity index is 1170. The molecule has 0 aliphatic carbocycles. The number of phenols is 1. The van der Waals surface area contributed by atoms with E-state index in [-0.39, 0.29) is 29.5 Å². The Kier molecular flexibility index (Phi) is 7.79. The number of ether oxygens (including phenoxy) is 5. The summed E-state index contributed by atoms with van der Waals surface area (Å²) in [6.07, 6.45) is -10.9. The van der Waals surface area contributed by atoms with Gasteiger partial charge in [0.15, 0.2) is 18.2 Å². The van der Waals surface area contributed by atoms with Gasteiger partial charge < -0.3 is 59.4 Å². The lowest BCUT2D eigenvalue weighted by atomic mass is 9.96. The number of Topliss-reactive ketones (excluding diaryl/α,β-unsaturated/α-hetero) is 1. The maximum atomic E-state index is 12.5. The predicted octanol–water partition coefficient (Wildman–Crippen LogP) is -1.26. The minimum atomic E-state index is -1.98. The number of hydrogen-bond donors (Lipinski definition) is 7. The summed E-state index contributed by atoms with van der Waals surface area (Å²) in [7, 11) is 0. The summed E-state index contributed by atoms with van der Waals surface area (Å²) >= 11 is 0. The molecule has 0 bridgehead atoms. The lowest BCUT2D eigenvalue weighted by Crippen LogP contribution is -2.62. The van der Waals surface area contributed by atoms with E-state index in [0.717, 1.165) is 0 Å². The Morgan fingerprint density at radius 1 is 1.00 bits per heavy atom. The van der Waals surface area contributed by atoms with Gasteiger partial charge in [-0.1, -0.05) is 12.1 Å². The molecule has 3 aliphatic rings. The van der Waals surface area contributed by atoms with Crippen LogP contribution in [0.4, 0.5) is 0 Å². The van der Waals surface area contributed by atoms with Crippen LogP contribution < -0.4 is 9.47 Å². The molecule has 13 nitrogen and oxygen atoms in total. The van der Waals surface area contributed by atoms with Crippen LogP contribution in [0, 0.1) is 0 Å². The first-order valence-electron chi connectivity index (χ1n) is 12.3. The fourth-order valence-electron chi connectivity index (χ4n) is 4.75. The maximum absolute atomic E-state index is 12.5. The zero-order valence-electron chi connectivity index (χ0n) is 20.6. The fourth-order valence-corrected chi connectivity index (χ4v) is 4.75. The van der Waals surface area contributed by atoms with E-state index in [1.54, 1.807) is 24.3 Å². The summed E-state index contributed by atoms with van der Waals surface area (Å²) in [4.78, 5) is 12.5. The van der Waals surface area contributed by atoms with Crippen molar-refractivity contribution in [2.24, 2.45) is 0 Å². The molecule has 13 heteroatoms. The highest BCUT2D eigenvalue weighted by molar-refractivity contribution is 6.00. The van der Waals surface area contributed by atoms with E-state index in [9.17, 15) is 40.5 Å². The summed E-state index contributed by atoms with van der Waals surface area (Å²) in [6.45, 7) is -1.88. The molecular formula is C26H30O13. The Morgan fingerprint density at radius 2 is 1.74 bits per heavy atom. The quantitative estimate of drug-likeness (QED) is 0.215. The van der Waals surface area contributed by atoms with Crippen LogP contribution in [0.5, 0.6) is 17.2 Å². The van der Waals surface area contributed by atoms with Gasteiger partial charge in [0.2, 0.25) is 6.29 Å². The number of hydrogen-bond acceptors (Lipinski definition) is 13. The second-order valence-corrected chi connectivity index (χ2v) is 9.79. The van der Waals surface area contributed by atoms with Gasteiger partial charge in [0.25, 0.3) is 0 Å². The summed E-state index contributed by atoms with van der Waals surface area (Å²) in [5.74, 6) is 0.348. The molecule has 2 aromatic rings. The van der Waals surface area contributed by atoms with E-state index in [0.29, 0.717) is 11.1 Å².